The summed E-state index contributed by atoms with van der Waals surface area (Å²) < 4.78 is 7.74. The molecular weight excluding hydrogens is 381 g/mol. The number of ether oxygens (including phenoxy) is 1. The fourth-order valence-electron chi connectivity index (χ4n) is 1.26. The molecule has 0 bridgehead atoms. The average molecular weight is 390 g/mol. The molecule has 16 heavy (non-hydrogen) atoms. The van der Waals surface area contributed by atoms with Crippen molar-refractivity contribution in [1.29, 1.82) is 0 Å². The summed E-state index contributed by atoms with van der Waals surface area (Å²) in [6.45, 7) is 0. The topological polar surface area (TPSA) is 35.2 Å². The van der Waals surface area contributed by atoms with E-state index in [1.54, 1.807) is 0 Å². The number of nitrogen functional groups attached to an aromatic ring is 1. The normalized spacial score (nSPS) is 10.1. The van der Waals surface area contributed by atoms with Gasteiger partial charge >= 0.3 is 0 Å². The van der Waals surface area contributed by atoms with Crippen LogP contribution < -0.4 is 10.5 Å². The maximum Gasteiger partial charge on any atom is 0.150 e. The number of halogens is 2. The third kappa shape index (κ3) is 2.68. The van der Waals surface area contributed by atoms with E-state index in [0.717, 1.165) is 13.8 Å². The van der Waals surface area contributed by atoms with Gasteiger partial charge in [0.05, 0.1) is 9.26 Å². The van der Waals surface area contributed by atoms with Crippen LogP contribution >= 0.6 is 38.5 Å². The molecule has 0 aliphatic rings. The Hall–Kier alpha value is -0.750. The van der Waals surface area contributed by atoms with Crippen LogP contribution in [0.1, 0.15) is 0 Å². The summed E-state index contributed by atoms with van der Waals surface area (Å²) in [6.07, 6.45) is 0. The highest BCUT2D eigenvalue weighted by molar-refractivity contribution is 14.1. The molecule has 0 heterocycles. The zero-order valence-electron chi connectivity index (χ0n) is 8.28. The fourth-order valence-corrected chi connectivity index (χ4v) is 2.13. The molecule has 2 nitrogen and oxygen atoms in total. The monoisotopic (exact) mass is 389 g/mol. The van der Waals surface area contributed by atoms with Crippen molar-refractivity contribution in [2.24, 2.45) is 0 Å². The van der Waals surface area contributed by atoms with Crippen LogP contribution in [0.25, 0.3) is 0 Å². The van der Waals surface area contributed by atoms with Crippen molar-refractivity contribution in [1.82, 2.24) is 0 Å². The third-order valence-corrected chi connectivity index (χ3v) is 3.41. The molecule has 0 atom stereocenters. The second kappa shape index (κ2) is 5.05. The summed E-state index contributed by atoms with van der Waals surface area (Å²) in [7, 11) is 0. The molecule has 2 aromatic carbocycles. The minimum Gasteiger partial charge on any atom is -0.454 e. The lowest BCUT2D eigenvalue weighted by atomic mass is 10.3. The molecule has 0 unspecified atom stereocenters. The summed E-state index contributed by atoms with van der Waals surface area (Å²) in [4.78, 5) is 0. The highest BCUT2D eigenvalue weighted by Crippen LogP contribution is 2.31. The summed E-state index contributed by atoms with van der Waals surface area (Å²) in [5.74, 6) is 1.49. The Labute approximate surface area is 116 Å². The molecule has 4 heteroatoms. The van der Waals surface area contributed by atoms with E-state index in [9.17, 15) is 0 Å². The smallest absolute Gasteiger partial charge is 0.150 e. The van der Waals surface area contributed by atoms with Crippen LogP contribution in [0.2, 0.25) is 0 Å². The van der Waals surface area contributed by atoms with E-state index < -0.39 is 0 Å². The molecule has 82 valence electrons. The Bertz CT molecular complexity index is 516. The highest BCUT2D eigenvalue weighted by atomic mass is 127. The molecular formula is C12H9BrINO. The maximum absolute atomic E-state index is 5.86. The van der Waals surface area contributed by atoms with Gasteiger partial charge in [0.2, 0.25) is 0 Å². The molecule has 0 fully saturated rings. The molecule has 0 radical (unpaired) electrons. The summed E-state index contributed by atoms with van der Waals surface area (Å²) in [5.41, 5.74) is 6.48. The van der Waals surface area contributed by atoms with E-state index in [0.29, 0.717) is 11.4 Å². The molecule has 0 spiro atoms. The van der Waals surface area contributed by atoms with Gasteiger partial charge in [-0.3, -0.25) is 0 Å². The van der Waals surface area contributed by atoms with Gasteiger partial charge in [0.1, 0.15) is 11.5 Å². The van der Waals surface area contributed by atoms with Gasteiger partial charge in [-0.1, -0.05) is 28.1 Å². The number of para-hydroxylation sites is 1. The Kier molecular flexibility index (Phi) is 3.70. The van der Waals surface area contributed by atoms with Crippen molar-refractivity contribution in [3.05, 3.63) is 50.5 Å². The molecule has 2 rings (SSSR count). The minimum atomic E-state index is 0.619. The lowest BCUT2D eigenvalue weighted by molar-refractivity contribution is 0.481. The van der Waals surface area contributed by atoms with Crippen LogP contribution in [-0.2, 0) is 0 Å². The number of anilines is 1. The SMILES string of the molecule is Nc1cc(Br)ccc1Oc1ccccc1I. The predicted octanol–water partition coefficient (Wildman–Crippen LogP) is 4.43. The van der Waals surface area contributed by atoms with Gasteiger partial charge in [-0.05, 0) is 52.9 Å². The van der Waals surface area contributed by atoms with Crippen molar-refractivity contribution in [3.8, 4) is 11.5 Å². The molecule has 0 amide bonds. The number of rotatable bonds is 2. The molecule has 0 aliphatic carbocycles. The molecule has 2 N–H and O–H groups in total. The van der Waals surface area contributed by atoms with E-state index in [1.165, 1.54) is 0 Å². The van der Waals surface area contributed by atoms with Crippen LogP contribution in [0.4, 0.5) is 5.69 Å². The molecule has 0 saturated carbocycles. The second-order valence-corrected chi connectivity index (χ2v) is 5.29. The largest absolute Gasteiger partial charge is 0.454 e. The van der Waals surface area contributed by atoms with Crippen LogP contribution in [0.3, 0.4) is 0 Å². The summed E-state index contributed by atoms with van der Waals surface area (Å²) >= 11 is 5.59. The Balaban J connectivity index is 2.31. The average Bonchev–Trinajstić information content (AvgIpc) is 2.25. The third-order valence-electron chi connectivity index (χ3n) is 2.03. The van der Waals surface area contributed by atoms with E-state index in [4.69, 9.17) is 10.5 Å². The van der Waals surface area contributed by atoms with Crippen LogP contribution in [-0.4, -0.2) is 0 Å². The van der Waals surface area contributed by atoms with Gasteiger partial charge in [-0.25, -0.2) is 0 Å². The zero-order valence-corrected chi connectivity index (χ0v) is 12.0. The van der Waals surface area contributed by atoms with Crippen molar-refractivity contribution in [2.75, 3.05) is 5.73 Å². The first-order chi connectivity index (χ1) is 7.66. The number of hydrogen-bond donors (Lipinski definition) is 1. The van der Waals surface area contributed by atoms with Gasteiger partial charge in [0.25, 0.3) is 0 Å². The lowest BCUT2D eigenvalue weighted by Crippen LogP contribution is -1.93. The van der Waals surface area contributed by atoms with Gasteiger partial charge in [-0.15, -0.1) is 0 Å². The number of benzene rings is 2. The van der Waals surface area contributed by atoms with Gasteiger partial charge < -0.3 is 10.5 Å². The first-order valence-electron chi connectivity index (χ1n) is 4.64. The Morgan fingerprint density at radius 1 is 1.06 bits per heavy atom. The Morgan fingerprint density at radius 2 is 1.81 bits per heavy atom. The Morgan fingerprint density at radius 3 is 2.50 bits per heavy atom. The predicted molar refractivity (Wildman–Crippen MR) is 77.8 cm³/mol. The molecule has 2 aromatic rings. The molecule has 0 aliphatic heterocycles. The van der Waals surface area contributed by atoms with E-state index >= 15 is 0 Å². The maximum atomic E-state index is 5.86. The van der Waals surface area contributed by atoms with E-state index in [1.807, 2.05) is 42.5 Å². The van der Waals surface area contributed by atoms with Crippen LogP contribution in [0, 0.1) is 3.57 Å². The van der Waals surface area contributed by atoms with Crippen molar-refractivity contribution in [2.45, 2.75) is 0 Å². The van der Waals surface area contributed by atoms with Crippen LogP contribution in [0.5, 0.6) is 11.5 Å². The van der Waals surface area contributed by atoms with E-state index in [2.05, 4.69) is 38.5 Å². The van der Waals surface area contributed by atoms with Crippen LogP contribution in [0.15, 0.2) is 46.9 Å². The van der Waals surface area contributed by atoms with Gasteiger partial charge in [-0.2, -0.15) is 0 Å². The van der Waals surface area contributed by atoms with Crippen molar-refractivity contribution in [3.63, 3.8) is 0 Å². The first kappa shape index (κ1) is 11.7. The minimum absolute atomic E-state index is 0.619. The number of nitrogens with two attached hydrogens (primary N) is 1. The van der Waals surface area contributed by atoms with E-state index in [-0.39, 0.29) is 0 Å². The van der Waals surface area contributed by atoms with Crippen molar-refractivity contribution < 1.29 is 4.74 Å². The summed E-state index contributed by atoms with van der Waals surface area (Å²) in [5, 5.41) is 0. The van der Waals surface area contributed by atoms with Gasteiger partial charge in [0, 0.05) is 4.47 Å². The standard InChI is InChI=1S/C12H9BrINO/c13-8-5-6-12(10(15)7-8)16-11-4-2-1-3-9(11)14/h1-7H,15H2. The number of hydrogen-bond acceptors (Lipinski definition) is 2. The lowest BCUT2D eigenvalue weighted by Gasteiger charge is -2.09. The zero-order chi connectivity index (χ0) is 11.5. The molecule has 0 aromatic heterocycles. The molecule has 0 saturated heterocycles. The fraction of sp³-hybridized carbons (Fsp3) is 0. The van der Waals surface area contributed by atoms with Gasteiger partial charge in [0.15, 0.2) is 0 Å². The second-order valence-electron chi connectivity index (χ2n) is 3.21. The quantitative estimate of drug-likeness (QED) is 0.609. The summed E-state index contributed by atoms with van der Waals surface area (Å²) in [6, 6.07) is 13.4. The van der Waals surface area contributed by atoms with Crippen molar-refractivity contribution >= 4 is 44.2 Å². The highest BCUT2D eigenvalue weighted by Gasteiger charge is 2.04. The first-order valence-corrected chi connectivity index (χ1v) is 6.51.